The van der Waals surface area contributed by atoms with Gasteiger partial charge in [0.15, 0.2) is 5.82 Å². The van der Waals surface area contributed by atoms with Crippen LogP contribution in [0.5, 0.6) is 0 Å². The number of aromatic nitrogens is 4. The van der Waals surface area contributed by atoms with E-state index in [0.717, 1.165) is 66.7 Å². The number of aromatic amines is 1. The van der Waals surface area contributed by atoms with E-state index >= 15 is 0 Å². The third-order valence-electron chi connectivity index (χ3n) is 9.86. The molecule has 0 bridgehead atoms. The highest BCUT2D eigenvalue weighted by Gasteiger charge is 2.18. The van der Waals surface area contributed by atoms with Gasteiger partial charge in [0.05, 0.1) is 22.4 Å². The third kappa shape index (κ3) is 5.04. The van der Waals surface area contributed by atoms with E-state index in [2.05, 4.69) is 145 Å². The molecule has 1 N–H and O–H groups in total. The average Bonchev–Trinajstić information content (AvgIpc) is 3.59. The van der Waals surface area contributed by atoms with Crippen LogP contribution in [0, 0.1) is 0 Å². The zero-order valence-electron chi connectivity index (χ0n) is 27.6. The Morgan fingerprint density at radius 1 is 0.373 bits per heavy atom. The van der Waals surface area contributed by atoms with Gasteiger partial charge in [-0.05, 0) is 86.3 Å². The minimum absolute atomic E-state index is 0.691. The van der Waals surface area contributed by atoms with Gasteiger partial charge in [-0.15, -0.1) is 0 Å². The average molecular weight is 651 g/mol. The molecule has 0 aliphatic rings. The largest absolute Gasteiger partial charge is 0.353 e. The summed E-state index contributed by atoms with van der Waals surface area (Å²) >= 11 is 0. The van der Waals surface area contributed by atoms with Crippen molar-refractivity contribution < 1.29 is 0 Å². The molecule has 0 spiro atoms. The second kappa shape index (κ2) is 11.9. The number of benzene rings is 7. The summed E-state index contributed by atoms with van der Waals surface area (Å²) in [5.41, 5.74) is 12.4. The van der Waals surface area contributed by atoms with Gasteiger partial charge < -0.3 is 4.98 Å². The van der Waals surface area contributed by atoms with Crippen LogP contribution in [0.2, 0.25) is 0 Å². The van der Waals surface area contributed by atoms with Crippen molar-refractivity contribution in [3.05, 3.63) is 176 Å². The van der Waals surface area contributed by atoms with Crippen LogP contribution >= 0.6 is 0 Å². The van der Waals surface area contributed by atoms with Crippen molar-refractivity contribution in [2.24, 2.45) is 0 Å². The van der Waals surface area contributed by atoms with Crippen LogP contribution in [0.25, 0.3) is 99.6 Å². The van der Waals surface area contributed by atoms with Crippen molar-refractivity contribution in [1.29, 1.82) is 0 Å². The Balaban J connectivity index is 1.26. The summed E-state index contributed by atoms with van der Waals surface area (Å²) in [4.78, 5) is 18.7. The Hall–Kier alpha value is -6.91. The smallest absolute Gasteiger partial charge is 0.160 e. The topological polar surface area (TPSA) is 54.5 Å². The second-order valence-electron chi connectivity index (χ2n) is 12.9. The lowest BCUT2D eigenvalue weighted by Crippen LogP contribution is -1.97. The molecule has 0 aliphatic carbocycles. The molecular weight excluding hydrogens is 621 g/mol. The molecule has 3 aromatic heterocycles. The summed E-state index contributed by atoms with van der Waals surface area (Å²) in [6, 6.07) is 59.9. The minimum atomic E-state index is 0.691. The van der Waals surface area contributed by atoms with Gasteiger partial charge in [-0.2, -0.15) is 0 Å². The quantitative estimate of drug-likeness (QED) is 0.189. The Labute approximate surface area is 294 Å². The van der Waals surface area contributed by atoms with Gasteiger partial charge in [0.25, 0.3) is 0 Å². The van der Waals surface area contributed by atoms with Gasteiger partial charge in [0.1, 0.15) is 0 Å². The third-order valence-corrected chi connectivity index (χ3v) is 9.86. The molecule has 0 saturated heterocycles. The first kappa shape index (κ1) is 29.0. The fraction of sp³-hybridized carbons (Fsp3) is 0. The highest BCUT2D eigenvalue weighted by atomic mass is 14.9. The van der Waals surface area contributed by atoms with E-state index in [1.807, 2.05) is 36.5 Å². The zero-order chi connectivity index (χ0) is 33.7. The van der Waals surface area contributed by atoms with Gasteiger partial charge in [-0.25, -0.2) is 9.97 Å². The summed E-state index contributed by atoms with van der Waals surface area (Å²) in [7, 11) is 0. The van der Waals surface area contributed by atoms with Crippen LogP contribution in [-0.4, -0.2) is 19.9 Å². The molecule has 0 fully saturated rings. The van der Waals surface area contributed by atoms with Crippen molar-refractivity contribution in [2.45, 2.75) is 0 Å². The fourth-order valence-electron chi connectivity index (χ4n) is 7.41. The van der Waals surface area contributed by atoms with Crippen molar-refractivity contribution in [3.63, 3.8) is 0 Å². The first-order chi connectivity index (χ1) is 25.3. The SMILES string of the molecule is c1ccc(-c2cc(-c3cc(-c4cc5ccccc5c5ccccc45)ccc3-c3ccc4[nH]c5cccnc5c4c3)nc(-c3ccccc3)n2)cc1. The number of fused-ring (bicyclic) bond motifs is 6. The Morgan fingerprint density at radius 2 is 1.06 bits per heavy atom. The van der Waals surface area contributed by atoms with Crippen LogP contribution in [-0.2, 0) is 0 Å². The summed E-state index contributed by atoms with van der Waals surface area (Å²) in [5, 5.41) is 6.03. The molecule has 0 saturated carbocycles. The fourth-order valence-corrected chi connectivity index (χ4v) is 7.41. The van der Waals surface area contributed by atoms with Crippen molar-refractivity contribution >= 4 is 43.5 Å². The van der Waals surface area contributed by atoms with Gasteiger partial charge >= 0.3 is 0 Å². The van der Waals surface area contributed by atoms with Crippen molar-refractivity contribution in [3.8, 4) is 56.2 Å². The molecule has 0 amide bonds. The first-order valence-electron chi connectivity index (χ1n) is 17.2. The van der Waals surface area contributed by atoms with Gasteiger partial charge in [-0.1, -0.05) is 127 Å². The molecule has 0 radical (unpaired) electrons. The summed E-state index contributed by atoms with van der Waals surface area (Å²) in [6.07, 6.45) is 1.85. The molecule has 51 heavy (non-hydrogen) atoms. The Morgan fingerprint density at radius 3 is 1.90 bits per heavy atom. The number of hydrogen-bond acceptors (Lipinski definition) is 3. The van der Waals surface area contributed by atoms with E-state index in [1.54, 1.807) is 0 Å². The van der Waals surface area contributed by atoms with E-state index in [1.165, 1.54) is 27.1 Å². The maximum absolute atomic E-state index is 5.31. The Kier molecular flexibility index (Phi) is 6.78. The number of nitrogens with zero attached hydrogens (tertiary/aromatic N) is 3. The number of rotatable bonds is 5. The van der Waals surface area contributed by atoms with E-state index in [4.69, 9.17) is 15.0 Å². The van der Waals surface area contributed by atoms with Gasteiger partial charge in [0.2, 0.25) is 0 Å². The molecule has 4 nitrogen and oxygen atoms in total. The van der Waals surface area contributed by atoms with Crippen LogP contribution in [0.4, 0.5) is 0 Å². The second-order valence-corrected chi connectivity index (χ2v) is 12.9. The zero-order valence-corrected chi connectivity index (χ0v) is 27.6. The summed E-state index contributed by atoms with van der Waals surface area (Å²) in [6.45, 7) is 0. The lowest BCUT2D eigenvalue weighted by molar-refractivity contribution is 1.18. The minimum Gasteiger partial charge on any atom is -0.353 e. The molecule has 238 valence electrons. The molecule has 10 aromatic rings. The molecule has 3 heterocycles. The highest BCUT2D eigenvalue weighted by molar-refractivity contribution is 6.14. The molecule has 0 atom stereocenters. The number of H-pyrrole nitrogens is 1. The van der Waals surface area contributed by atoms with E-state index in [-0.39, 0.29) is 0 Å². The van der Waals surface area contributed by atoms with E-state index < -0.39 is 0 Å². The predicted molar refractivity (Wildman–Crippen MR) is 211 cm³/mol. The molecule has 4 heteroatoms. The van der Waals surface area contributed by atoms with Crippen LogP contribution in [0.15, 0.2) is 176 Å². The number of pyridine rings is 1. The molecular formula is C47H30N4. The first-order valence-corrected chi connectivity index (χ1v) is 17.2. The maximum Gasteiger partial charge on any atom is 0.160 e. The van der Waals surface area contributed by atoms with Crippen LogP contribution < -0.4 is 0 Å². The molecule has 0 aliphatic heterocycles. The maximum atomic E-state index is 5.31. The highest BCUT2D eigenvalue weighted by Crippen LogP contribution is 2.41. The van der Waals surface area contributed by atoms with Crippen molar-refractivity contribution in [1.82, 2.24) is 19.9 Å². The number of nitrogens with one attached hydrogen (secondary N) is 1. The summed E-state index contributed by atoms with van der Waals surface area (Å²) < 4.78 is 0. The normalized spacial score (nSPS) is 11.5. The van der Waals surface area contributed by atoms with Crippen LogP contribution in [0.3, 0.4) is 0 Å². The summed E-state index contributed by atoms with van der Waals surface area (Å²) in [5.74, 6) is 0.691. The number of hydrogen-bond donors (Lipinski definition) is 1. The lowest BCUT2D eigenvalue weighted by Gasteiger charge is -2.16. The standard InChI is InChI=1S/C47H30N4/c1-3-12-30(13-4-1)44-29-45(51-47(50-44)31-14-5-2-6-15-31)40-27-34(39-26-32-16-7-8-17-35(32)37-18-9-10-19-38(37)39)21-23-36(40)33-22-24-42-41(28-33)46-43(49-42)20-11-25-48-46/h1-29,49H. The molecule has 10 rings (SSSR count). The monoisotopic (exact) mass is 650 g/mol. The van der Waals surface area contributed by atoms with Crippen molar-refractivity contribution in [2.75, 3.05) is 0 Å². The molecule has 0 unspecified atom stereocenters. The van der Waals surface area contributed by atoms with E-state index in [9.17, 15) is 0 Å². The molecule has 7 aromatic carbocycles. The lowest BCUT2D eigenvalue weighted by atomic mass is 9.89. The van der Waals surface area contributed by atoms with Gasteiger partial charge in [-0.3, -0.25) is 4.98 Å². The predicted octanol–water partition coefficient (Wildman–Crippen LogP) is 12.1. The van der Waals surface area contributed by atoms with E-state index in [0.29, 0.717) is 5.82 Å². The van der Waals surface area contributed by atoms with Crippen LogP contribution in [0.1, 0.15) is 0 Å². The van der Waals surface area contributed by atoms with Gasteiger partial charge in [0, 0.05) is 33.8 Å². The Bertz CT molecular complexity index is 2850.